The first-order valence-corrected chi connectivity index (χ1v) is 6.49. The van der Waals surface area contributed by atoms with Crippen molar-refractivity contribution in [2.45, 2.75) is 6.42 Å². The topological polar surface area (TPSA) is 23.6 Å². The molecule has 0 saturated heterocycles. The highest BCUT2D eigenvalue weighted by Gasteiger charge is 2.09. The molecule has 4 heteroatoms. The van der Waals surface area contributed by atoms with Gasteiger partial charge >= 0.3 is 0 Å². The predicted octanol–water partition coefficient (Wildman–Crippen LogP) is 2.41. The maximum Gasteiger partial charge on any atom is 0.176 e. The van der Waals surface area contributed by atoms with Gasteiger partial charge in [0, 0.05) is 10.6 Å². The molecule has 0 aromatic heterocycles. The van der Waals surface area contributed by atoms with Gasteiger partial charge in [0.05, 0.1) is 6.54 Å². The predicted molar refractivity (Wildman–Crippen MR) is 76.5 cm³/mol. The Morgan fingerprint density at radius 2 is 1.94 bits per heavy atom. The average Bonchev–Trinajstić information content (AvgIpc) is 2.28. The lowest BCUT2D eigenvalue weighted by Crippen LogP contribution is -2.29. The first kappa shape index (κ1) is 15.2. The lowest BCUT2D eigenvalue weighted by atomic mass is 10.1. The van der Waals surface area contributed by atoms with Crippen molar-refractivity contribution in [3.05, 3.63) is 34.9 Å². The van der Waals surface area contributed by atoms with E-state index >= 15 is 0 Å². The Hall–Kier alpha value is -0.900. The van der Waals surface area contributed by atoms with E-state index < -0.39 is 0 Å². The third kappa shape index (κ3) is 5.63. The summed E-state index contributed by atoms with van der Waals surface area (Å²) < 4.78 is 0. The van der Waals surface area contributed by atoms with Gasteiger partial charge in [-0.15, -0.1) is 0 Å². The van der Waals surface area contributed by atoms with Crippen LogP contribution >= 0.6 is 11.6 Å². The summed E-state index contributed by atoms with van der Waals surface area (Å²) in [7, 11) is 6.08. The van der Waals surface area contributed by atoms with Crippen LogP contribution in [0.15, 0.2) is 24.3 Å². The number of nitrogens with zero attached hydrogens (tertiary/aromatic N) is 2. The van der Waals surface area contributed by atoms with E-state index in [-0.39, 0.29) is 5.78 Å². The van der Waals surface area contributed by atoms with Crippen molar-refractivity contribution in [2.75, 3.05) is 40.8 Å². The molecule has 100 valence electrons. The van der Waals surface area contributed by atoms with E-state index in [0.717, 1.165) is 19.5 Å². The summed E-state index contributed by atoms with van der Waals surface area (Å²) in [5, 5.41) is 0.608. The van der Waals surface area contributed by atoms with Crippen LogP contribution in [0, 0.1) is 0 Å². The second-order valence-corrected chi connectivity index (χ2v) is 5.26. The van der Waals surface area contributed by atoms with Crippen molar-refractivity contribution in [3.8, 4) is 0 Å². The van der Waals surface area contributed by atoms with Gasteiger partial charge in [0.1, 0.15) is 0 Å². The van der Waals surface area contributed by atoms with Crippen molar-refractivity contribution < 1.29 is 4.79 Å². The number of benzene rings is 1. The fraction of sp³-hybridized carbons (Fsp3) is 0.500. The van der Waals surface area contributed by atoms with E-state index in [4.69, 9.17) is 11.6 Å². The molecule has 0 amide bonds. The molecule has 0 bridgehead atoms. The van der Waals surface area contributed by atoms with Crippen molar-refractivity contribution in [1.82, 2.24) is 9.80 Å². The normalized spacial score (nSPS) is 11.2. The summed E-state index contributed by atoms with van der Waals surface area (Å²) in [5.74, 6) is 0.116. The number of carbonyl (C=O) groups is 1. The van der Waals surface area contributed by atoms with Crippen molar-refractivity contribution in [1.29, 1.82) is 0 Å². The summed E-state index contributed by atoms with van der Waals surface area (Å²) >= 11 is 5.87. The SMILES string of the molecule is CN(C)CCCN(C)CC(=O)c1cccc(Cl)c1. The first-order valence-electron chi connectivity index (χ1n) is 6.11. The maximum absolute atomic E-state index is 12.0. The Morgan fingerprint density at radius 3 is 2.56 bits per heavy atom. The van der Waals surface area contributed by atoms with E-state index in [1.807, 2.05) is 24.1 Å². The molecule has 1 rings (SSSR count). The lowest BCUT2D eigenvalue weighted by Gasteiger charge is -2.17. The number of Topliss-reactive ketones (excluding diaryl/α,β-unsaturated/α-hetero) is 1. The molecular formula is C14H21ClN2O. The molecule has 0 aliphatic heterocycles. The average molecular weight is 269 g/mol. The number of likely N-dealkylation sites (N-methyl/N-ethyl adjacent to an activating group) is 1. The Kier molecular flexibility index (Phi) is 6.33. The number of carbonyl (C=O) groups excluding carboxylic acids is 1. The lowest BCUT2D eigenvalue weighted by molar-refractivity contribution is 0.0944. The van der Waals surface area contributed by atoms with Crippen LogP contribution in [0.4, 0.5) is 0 Å². The summed E-state index contributed by atoms with van der Waals surface area (Å²) in [4.78, 5) is 16.2. The first-order chi connectivity index (χ1) is 8.49. The van der Waals surface area contributed by atoms with Crippen LogP contribution in [0.5, 0.6) is 0 Å². The highest BCUT2D eigenvalue weighted by molar-refractivity contribution is 6.31. The van der Waals surface area contributed by atoms with Gasteiger partial charge < -0.3 is 4.90 Å². The zero-order chi connectivity index (χ0) is 13.5. The molecule has 0 heterocycles. The van der Waals surface area contributed by atoms with Gasteiger partial charge in [-0.3, -0.25) is 9.69 Å². The molecule has 1 aromatic carbocycles. The highest BCUT2D eigenvalue weighted by Crippen LogP contribution is 2.11. The van der Waals surface area contributed by atoms with Crippen LogP contribution in [-0.2, 0) is 0 Å². The fourth-order valence-corrected chi connectivity index (χ4v) is 1.92. The second-order valence-electron chi connectivity index (χ2n) is 4.83. The Morgan fingerprint density at radius 1 is 1.22 bits per heavy atom. The summed E-state index contributed by atoms with van der Waals surface area (Å²) in [6.07, 6.45) is 1.06. The molecule has 0 spiro atoms. The van der Waals surface area contributed by atoms with E-state index in [1.165, 1.54) is 0 Å². The number of ketones is 1. The molecule has 0 saturated carbocycles. The van der Waals surface area contributed by atoms with Crippen LogP contribution < -0.4 is 0 Å². The van der Waals surface area contributed by atoms with Crippen LogP contribution in [0.1, 0.15) is 16.8 Å². The minimum Gasteiger partial charge on any atom is -0.309 e. The fourth-order valence-electron chi connectivity index (χ4n) is 1.73. The van der Waals surface area contributed by atoms with Crippen molar-refractivity contribution >= 4 is 17.4 Å². The minimum absolute atomic E-state index is 0.116. The van der Waals surface area contributed by atoms with Crippen LogP contribution in [0.25, 0.3) is 0 Å². The van der Waals surface area contributed by atoms with Gasteiger partial charge in [-0.2, -0.15) is 0 Å². The molecule has 0 aliphatic carbocycles. The van der Waals surface area contributed by atoms with Gasteiger partial charge in [0.25, 0.3) is 0 Å². The zero-order valence-electron chi connectivity index (χ0n) is 11.3. The number of rotatable bonds is 7. The molecule has 0 fully saturated rings. The van der Waals surface area contributed by atoms with Crippen LogP contribution in [0.3, 0.4) is 0 Å². The van der Waals surface area contributed by atoms with Crippen molar-refractivity contribution in [3.63, 3.8) is 0 Å². The van der Waals surface area contributed by atoms with Gasteiger partial charge in [0.15, 0.2) is 5.78 Å². The molecule has 18 heavy (non-hydrogen) atoms. The Labute approximate surface area is 114 Å². The summed E-state index contributed by atoms with van der Waals surface area (Å²) in [6, 6.07) is 7.11. The maximum atomic E-state index is 12.0. The van der Waals surface area contributed by atoms with Crippen LogP contribution in [-0.4, -0.2) is 56.4 Å². The molecule has 0 N–H and O–H groups in total. The minimum atomic E-state index is 0.116. The summed E-state index contributed by atoms with van der Waals surface area (Å²) in [5.41, 5.74) is 0.682. The number of halogens is 1. The number of hydrogen-bond donors (Lipinski definition) is 0. The zero-order valence-corrected chi connectivity index (χ0v) is 12.1. The van der Waals surface area contributed by atoms with E-state index in [1.54, 1.807) is 12.1 Å². The standard InChI is InChI=1S/C14H21ClN2O/c1-16(2)8-5-9-17(3)11-14(18)12-6-4-7-13(15)10-12/h4,6-7,10H,5,8-9,11H2,1-3H3. The third-order valence-corrected chi connectivity index (χ3v) is 2.94. The molecule has 0 aliphatic rings. The molecule has 0 atom stereocenters. The quantitative estimate of drug-likeness (QED) is 0.710. The van der Waals surface area contributed by atoms with E-state index in [0.29, 0.717) is 17.1 Å². The monoisotopic (exact) mass is 268 g/mol. The van der Waals surface area contributed by atoms with Gasteiger partial charge in [-0.1, -0.05) is 23.7 Å². The van der Waals surface area contributed by atoms with Crippen molar-refractivity contribution in [2.24, 2.45) is 0 Å². The Bertz CT molecular complexity index is 393. The third-order valence-electron chi connectivity index (χ3n) is 2.71. The molecule has 1 aromatic rings. The molecule has 0 radical (unpaired) electrons. The van der Waals surface area contributed by atoms with Crippen LogP contribution in [0.2, 0.25) is 5.02 Å². The molecular weight excluding hydrogens is 248 g/mol. The van der Waals surface area contributed by atoms with Gasteiger partial charge in [0.2, 0.25) is 0 Å². The summed E-state index contributed by atoms with van der Waals surface area (Å²) in [6.45, 7) is 2.40. The highest BCUT2D eigenvalue weighted by atomic mass is 35.5. The second kappa shape index (κ2) is 7.52. The van der Waals surface area contributed by atoms with Gasteiger partial charge in [-0.05, 0) is 52.8 Å². The van der Waals surface area contributed by atoms with Gasteiger partial charge in [-0.25, -0.2) is 0 Å². The van der Waals surface area contributed by atoms with E-state index in [2.05, 4.69) is 19.0 Å². The smallest absolute Gasteiger partial charge is 0.176 e. The molecule has 0 unspecified atom stereocenters. The largest absolute Gasteiger partial charge is 0.309 e. The van der Waals surface area contributed by atoms with E-state index in [9.17, 15) is 4.79 Å². The Balaban J connectivity index is 2.40. The number of hydrogen-bond acceptors (Lipinski definition) is 3. The molecule has 3 nitrogen and oxygen atoms in total.